The van der Waals surface area contributed by atoms with E-state index in [4.69, 9.17) is 18.2 Å². The lowest BCUT2D eigenvalue weighted by Gasteiger charge is -2.28. The molecule has 0 aliphatic carbocycles. The van der Waals surface area contributed by atoms with E-state index >= 15 is 0 Å². The molecule has 0 aliphatic heterocycles. The van der Waals surface area contributed by atoms with Crippen molar-refractivity contribution in [3.05, 3.63) is 12.2 Å². The Kier molecular flexibility index (Phi) is 14.5. The Balaban J connectivity index is 5.01. The van der Waals surface area contributed by atoms with Crippen LogP contribution in [0.15, 0.2) is 12.2 Å². The molecular weight excluding hydrogens is 407 g/mol. The van der Waals surface area contributed by atoms with Crippen molar-refractivity contribution in [3.8, 4) is 11.8 Å². The Morgan fingerprint density at radius 1 is 1.17 bits per heavy atom. The van der Waals surface area contributed by atoms with Gasteiger partial charge in [-0.2, -0.15) is 0 Å². The predicted octanol–water partition coefficient (Wildman–Crippen LogP) is 5.40. The summed E-state index contributed by atoms with van der Waals surface area (Å²) in [6.07, 6.45) is 5.00. The maximum absolute atomic E-state index is 12.4. The van der Waals surface area contributed by atoms with E-state index in [-0.39, 0.29) is 18.2 Å². The zero-order chi connectivity index (χ0) is 22.3. The summed E-state index contributed by atoms with van der Waals surface area (Å²) in [6, 6.07) is 1.05. The highest BCUT2D eigenvalue weighted by Crippen LogP contribution is 2.47. The van der Waals surface area contributed by atoms with Gasteiger partial charge in [-0.3, -0.25) is 9.36 Å². The minimum atomic E-state index is -3.10. The van der Waals surface area contributed by atoms with Crippen LogP contribution in [0.3, 0.4) is 0 Å². The standard InChI is InChI=1S/C21H39O6PSi/c1-8-25-28(23,26-9-2)17-12-10-11-14-20(15-13-16-21(22)24-5)27-29(6,7)18-19(3)4/h10,12,19-20H,8-9,13,15-18H2,1-7H3/b12-10+. The fourth-order valence-corrected chi connectivity index (χ4v) is 7.47. The molecule has 0 amide bonds. The smallest absolute Gasteiger partial charge is 0.334 e. The quantitative estimate of drug-likeness (QED) is 0.154. The van der Waals surface area contributed by atoms with E-state index in [0.29, 0.717) is 38.4 Å². The summed E-state index contributed by atoms with van der Waals surface area (Å²) in [5.74, 6) is 6.47. The summed E-state index contributed by atoms with van der Waals surface area (Å²) in [5, 5.41) is 0. The lowest BCUT2D eigenvalue weighted by Crippen LogP contribution is -2.36. The molecule has 0 fully saturated rings. The average molecular weight is 447 g/mol. The first-order valence-corrected chi connectivity index (χ1v) is 15.2. The third kappa shape index (κ3) is 14.7. The van der Waals surface area contributed by atoms with Gasteiger partial charge in [-0.15, -0.1) is 0 Å². The van der Waals surface area contributed by atoms with E-state index in [1.54, 1.807) is 26.0 Å². The SMILES string of the molecule is CCOP(=O)(C/C=C/C#CC(CCCC(=O)OC)O[Si](C)(C)CC(C)C)OCC. The molecule has 29 heavy (non-hydrogen) atoms. The van der Waals surface area contributed by atoms with Gasteiger partial charge in [0.25, 0.3) is 0 Å². The summed E-state index contributed by atoms with van der Waals surface area (Å²) in [5.41, 5.74) is 0. The molecule has 0 N–H and O–H groups in total. The molecule has 0 spiro atoms. The van der Waals surface area contributed by atoms with Crippen LogP contribution in [0.4, 0.5) is 0 Å². The number of methoxy groups -OCH3 is 1. The number of ether oxygens (including phenoxy) is 1. The van der Waals surface area contributed by atoms with Crippen LogP contribution in [0.25, 0.3) is 0 Å². The number of esters is 1. The van der Waals surface area contributed by atoms with E-state index in [1.165, 1.54) is 7.11 Å². The molecule has 0 bridgehead atoms. The third-order valence-corrected chi connectivity index (χ3v) is 8.55. The molecule has 0 radical (unpaired) electrons. The van der Waals surface area contributed by atoms with Gasteiger partial charge in [-0.1, -0.05) is 31.8 Å². The molecule has 1 atom stereocenters. The van der Waals surface area contributed by atoms with Gasteiger partial charge in [0.15, 0.2) is 8.32 Å². The second kappa shape index (κ2) is 15.0. The molecule has 8 heteroatoms. The van der Waals surface area contributed by atoms with Crippen molar-refractivity contribution in [1.29, 1.82) is 0 Å². The van der Waals surface area contributed by atoms with Crippen LogP contribution in [-0.4, -0.2) is 46.9 Å². The zero-order valence-corrected chi connectivity index (χ0v) is 21.1. The normalized spacial score (nSPS) is 13.4. The summed E-state index contributed by atoms with van der Waals surface area (Å²) >= 11 is 0. The summed E-state index contributed by atoms with van der Waals surface area (Å²) in [4.78, 5) is 11.4. The van der Waals surface area contributed by atoms with Crippen LogP contribution in [0.5, 0.6) is 0 Å². The second-order valence-electron chi connectivity index (χ2n) is 7.75. The second-order valence-corrected chi connectivity index (χ2v) is 14.0. The molecule has 1 unspecified atom stereocenters. The van der Waals surface area contributed by atoms with Gasteiger partial charge in [0.1, 0.15) is 6.10 Å². The maximum atomic E-state index is 12.4. The lowest BCUT2D eigenvalue weighted by molar-refractivity contribution is -0.140. The highest BCUT2D eigenvalue weighted by Gasteiger charge is 2.27. The Labute approximate surface area is 178 Å². The van der Waals surface area contributed by atoms with Gasteiger partial charge in [-0.05, 0) is 57.8 Å². The molecule has 168 valence electrons. The van der Waals surface area contributed by atoms with Crippen LogP contribution in [0.2, 0.25) is 19.1 Å². The van der Waals surface area contributed by atoms with Crippen molar-refractivity contribution in [2.24, 2.45) is 5.92 Å². The summed E-state index contributed by atoms with van der Waals surface area (Å²) in [7, 11) is -3.57. The molecule has 0 saturated carbocycles. The molecule has 0 aromatic carbocycles. The van der Waals surface area contributed by atoms with Gasteiger partial charge >= 0.3 is 13.6 Å². The van der Waals surface area contributed by atoms with E-state index in [9.17, 15) is 9.36 Å². The minimum absolute atomic E-state index is 0.185. The maximum Gasteiger partial charge on any atom is 0.334 e. The van der Waals surface area contributed by atoms with E-state index in [2.05, 4.69) is 38.8 Å². The first kappa shape index (κ1) is 28.1. The fraction of sp³-hybridized carbons (Fsp3) is 0.762. The summed E-state index contributed by atoms with van der Waals surface area (Å²) < 4.78 is 34.0. The average Bonchev–Trinajstić information content (AvgIpc) is 2.59. The first-order valence-electron chi connectivity index (χ1n) is 10.4. The Morgan fingerprint density at radius 2 is 1.79 bits per heavy atom. The van der Waals surface area contributed by atoms with Crippen LogP contribution in [0.1, 0.15) is 47.0 Å². The van der Waals surface area contributed by atoms with Crippen molar-refractivity contribution >= 4 is 21.9 Å². The monoisotopic (exact) mass is 446 g/mol. The molecule has 0 aromatic heterocycles. The van der Waals surface area contributed by atoms with Gasteiger partial charge in [0, 0.05) is 6.42 Å². The molecule has 0 heterocycles. The number of carbonyl (C=O) groups is 1. The van der Waals surface area contributed by atoms with Crippen molar-refractivity contribution in [2.45, 2.75) is 72.2 Å². The van der Waals surface area contributed by atoms with Crippen LogP contribution < -0.4 is 0 Å². The van der Waals surface area contributed by atoms with Crippen molar-refractivity contribution < 1.29 is 27.6 Å². The minimum Gasteiger partial charge on any atom is -0.469 e. The third-order valence-electron chi connectivity index (χ3n) is 3.86. The Morgan fingerprint density at radius 3 is 2.31 bits per heavy atom. The lowest BCUT2D eigenvalue weighted by atomic mass is 10.1. The van der Waals surface area contributed by atoms with Crippen LogP contribution >= 0.6 is 7.60 Å². The van der Waals surface area contributed by atoms with Crippen LogP contribution in [-0.2, 0) is 27.6 Å². The number of hydrogen-bond donors (Lipinski definition) is 0. The van der Waals surface area contributed by atoms with E-state index < -0.39 is 15.9 Å². The van der Waals surface area contributed by atoms with Gasteiger partial charge in [-0.25, -0.2) is 0 Å². The molecule has 0 rings (SSSR count). The number of hydrogen-bond acceptors (Lipinski definition) is 6. The van der Waals surface area contributed by atoms with Crippen LogP contribution in [0, 0.1) is 17.8 Å². The molecular formula is C21H39O6PSi. The van der Waals surface area contributed by atoms with Crippen molar-refractivity contribution in [3.63, 3.8) is 0 Å². The predicted molar refractivity (Wildman–Crippen MR) is 121 cm³/mol. The molecule has 0 aromatic rings. The zero-order valence-electron chi connectivity index (χ0n) is 19.2. The van der Waals surface area contributed by atoms with Crippen molar-refractivity contribution in [1.82, 2.24) is 0 Å². The number of carbonyl (C=O) groups excluding carboxylic acids is 1. The highest BCUT2D eigenvalue weighted by atomic mass is 31.2. The Hall–Kier alpha value is -0.903. The van der Waals surface area contributed by atoms with Gasteiger partial charge < -0.3 is 18.2 Å². The number of rotatable bonds is 14. The molecule has 6 nitrogen and oxygen atoms in total. The van der Waals surface area contributed by atoms with Gasteiger partial charge in [0.05, 0.1) is 26.5 Å². The number of allylic oxidation sites excluding steroid dienone is 2. The van der Waals surface area contributed by atoms with Gasteiger partial charge in [0.2, 0.25) is 0 Å². The van der Waals surface area contributed by atoms with E-state index in [0.717, 1.165) is 6.04 Å². The summed E-state index contributed by atoms with van der Waals surface area (Å²) in [6.45, 7) is 13.0. The van der Waals surface area contributed by atoms with Crippen molar-refractivity contribution in [2.75, 3.05) is 26.5 Å². The first-order chi connectivity index (χ1) is 13.6. The largest absolute Gasteiger partial charge is 0.469 e. The molecule has 0 saturated heterocycles. The fourth-order valence-electron chi connectivity index (χ4n) is 3.03. The Bertz CT molecular complexity index is 596. The van der Waals surface area contributed by atoms with E-state index in [1.807, 2.05) is 0 Å². The highest BCUT2D eigenvalue weighted by molar-refractivity contribution is 7.54. The molecule has 0 aliphatic rings. The topological polar surface area (TPSA) is 71.1 Å².